The second kappa shape index (κ2) is 8.37. The van der Waals surface area contributed by atoms with Gasteiger partial charge in [-0.05, 0) is 37.1 Å². The Labute approximate surface area is 160 Å². The van der Waals surface area contributed by atoms with E-state index in [4.69, 9.17) is 0 Å². The Morgan fingerprint density at radius 1 is 0.741 bits per heavy atom. The number of hydrogen-bond acceptors (Lipinski definition) is 5. The number of pyridine rings is 2. The van der Waals surface area contributed by atoms with Crippen LogP contribution in [0.5, 0.6) is 0 Å². The van der Waals surface area contributed by atoms with Crippen LogP contribution in [0.15, 0.2) is 42.7 Å². The SMILES string of the molecule is O=C(c1ccc(N2CCCCCC2)nc1)N1CCN(c2ccccn2)CC1. The summed E-state index contributed by atoms with van der Waals surface area (Å²) in [7, 11) is 0. The number of hydrogen-bond donors (Lipinski definition) is 0. The van der Waals surface area contributed by atoms with Crippen LogP contribution in [0.3, 0.4) is 0 Å². The van der Waals surface area contributed by atoms with Crippen LogP contribution < -0.4 is 9.80 Å². The van der Waals surface area contributed by atoms with E-state index in [0.29, 0.717) is 18.7 Å². The van der Waals surface area contributed by atoms with Gasteiger partial charge < -0.3 is 14.7 Å². The first kappa shape index (κ1) is 17.8. The highest BCUT2D eigenvalue weighted by molar-refractivity contribution is 5.94. The Kier molecular flexibility index (Phi) is 5.51. The highest BCUT2D eigenvalue weighted by atomic mass is 16.2. The third-order valence-electron chi connectivity index (χ3n) is 5.47. The minimum absolute atomic E-state index is 0.0746. The van der Waals surface area contributed by atoms with Crippen LogP contribution in [0.2, 0.25) is 0 Å². The minimum Gasteiger partial charge on any atom is -0.357 e. The molecule has 0 unspecified atom stereocenters. The molecular formula is C21H27N5O. The van der Waals surface area contributed by atoms with Crippen molar-refractivity contribution in [1.82, 2.24) is 14.9 Å². The van der Waals surface area contributed by atoms with Crippen LogP contribution in [0.4, 0.5) is 11.6 Å². The Bertz CT molecular complexity index is 733. The standard InChI is InChI=1S/C21H27N5O/c27-21(26-15-13-25(14-16-26)19-7-3-4-10-22-19)18-8-9-20(23-17-18)24-11-5-1-2-6-12-24/h3-4,7-10,17H,1-2,5-6,11-16H2. The fourth-order valence-corrected chi connectivity index (χ4v) is 3.86. The molecule has 0 saturated carbocycles. The van der Waals surface area contributed by atoms with Crippen molar-refractivity contribution < 1.29 is 4.79 Å². The van der Waals surface area contributed by atoms with E-state index in [1.807, 2.05) is 41.4 Å². The topological polar surface area (TPSA) is 52.6 Å². The first-order valence-electron chi connectivity index (χ1n) is 9.97. The molecule has 4 rings (SSSR count). The molecule has 2 saturated heterocycles. The molecule has 27 heavy (non-hydrogen) atoms. The van der Waals surface area contributed by atoms with Crippen LogP contribution >= 0.6 is 0 Å². The van der Waals surface area contributed by atoms with Gasteiger partial charge >= 0.3 is 0 Å². The summed E-state index contributed by atoms with van der Waals surface area (Å²) in [6, 6.07) is 9.87. The van der Waals surface area contributed by atoms with Gasteiger partial charge in [-0.15, -0.1) is 0 Å². The number of anilines is 2. The third kappa shape index (κ3) is 4.21. The summed E-state index contributed by atoms with van der Waals surface area (Å²) in [5, 5.41) is 0. The molecule has 6 heteroatoms. The van der Waals surface area contributed by atoms with Crippen LogP contribution in [-0.2, 0) is 0 Å². The van der Waals surface area contributed by atoms with E-state index >= 15 is 0 Å². The maximum absolute atomic E-state index is 12.8. The first-order chi connectivity index (χ1) is 13.3. The van der Waals surface area contributed by atoms with Crippen molar-refractivity contribution in [2.45, 2.75) is 25.7 Å². The predicted molar refractivity (Wildman–Crippen MR) is 107 cm³/mol. The molecule has 0 spiro atoms. The molecule has 2 fully saturated rings. The smallest absolute Gasteiger partial charge is 0.255 e. The van der Waals surface area contributed by atoms with Gasteiger partial charge in [-0.1, -0.05) is 18.9 Å². The quantitative estimate of drug-likeness (QED) is 0.837. The number of piperazine rings is 1. The summed E-state index contributed by atoms with van der Waals surface area (Å²) in [4.78, 5) is 28.3. The summed E-state index contributed by atoms with van der Waals surface area (Å²) in [6.07, 6.45) is 8.61. The number of rotatable bonds is 3. The predicted octanol–water partition coefficient (Wildman–Crippen LogP) is 2.82. The molecule has 6 nitrogen and oxygen atoms in total. The molecule has 0 radical (unpaired) electrons. The second-order valence-corrected chi connectivity index (χ2v) is 7.27. The Hall–Kier alpha value is -2.63. The molecule has 2 aromatic heterocycles. The number of amides is 1. The zero-order valence-electron chi connectivity index (χ0n) is 15.8. The fourth-order valence-electron chi connectivity index (χ4n) is 3.86. The molecule has 0 atom stereocenters. The van der Waals surface area contributed by atoms with Crippen molar-refractivity contribution in [2.24, 2.45) is 0 Å². The number of carbonyl (C=O) groups is 1. The lowest BCUT2D eigenvalue weighted by Crippen LogP contribution is -2.49. The molecule has 2 aliphatic heterocycles. The first-order valence-corrected chi connectivity index (χ1v) is 9.97. The van der Waals surface area contributed by atoms with E-state index in [0.717, 1.165) is 37.8 Å². The van der Waals surface area contributed by atoms with E-state index in [1.165, 1.54) is 25.7 Å². The minimum atomic E-state index is 0.0746. The summed E-state index contributed by atoms with van der Waals surface area (Å²) in [6.45, 7) is 5.17. The van der Waals surface area contributed by atoms with Crippen molar-refractivity contribution in [3.8, 4) is 0 Å². The molecular weight excluding hydrogens is 338 g/mol. The molecule has 0 N–H and O–H groups in total. The van der Waals surface area contributed by atoms with Crippen molar-refractivity contribution >= 4 is 17.5 Å². The van der Waals surface area contributed by atoms with Gasteiger partial charge in [0, 0.05) is 51.7 Å². The van der Waals surface area contributed by atoms with Gasteiger partial charge in [0.1, 0.15) is 11.6 Å². The number of carbonyl (C=O) groups excluding carboxylic acids is 1. The van der Waals surface area contributed by atoms with Crippen molar-refractivity contribution in [3.05, 3.63) is 48.3 Å². The maximum Gasteiger partial charge on any atom is 0.255 e. The van der Waals surface area contributed by atoms with Crippen LogP contribution in [0, 0.1) is 0 Å². The molecule has 0 aliphatic carbocycles. The van der Waals surface area contributed by atoms with E-state index < -0.39 is 0 Å². The van der Waals surface area contributed by atoms with E-state index in [9.17, 15) is 4.79 Å². The lowest BCUT2D eigenvalue weighted by Gasteiger charge is -2.35. The molecule has 2 aromatic rings. The molecule has 0 bridgehead atoms. The van der Waals surface area contributed by atoms with Crippen LogP contribution in [-0.4, -0.2) is 60.0 Å². The van der Waals surface area contributed by atoms with E-state index in [-0.39, 0.29) is 5.91 Å². The monoisotopic (exact) mass is 365 g/mol. The summed E-state index contributed by atoms with van der Waals surface area (Å²) in [5.41, 5.74) is 0.680. The van der Waals surface area contributed by atoms with Crippen molar-refractivity contribution in [1.29, 1.82) is 0 Å². The van der Waals surface area contributed by atoms with Gasteiger partial charge in [0.15, 0.2) is 0 Å². The molecule has 142 valence electrons. The van der Waals surface area contributed by atoms with Gasteiger partial charge in [0.2, 0.25) is 0 Å². The number of nitrogens with zero attached hydrogens (tertiary/aromatic N) is 5. The van der Waals surface area contributed by atoms with E-state index in [1.54, 1.807) is 6.20 Å². The Balaban J connectivity index is 1.36. The third-order valence-corrected chi connectivity index (χ3v) is 5.47. The lowest BCUT2D eigenvalue weighted by atomic mass is 10.2. The van der Waals surface area contributed by atoms with Crippen LogP contribution in [0.1, 0.15) is 36.0 Å². The van der Waals surface area contributed by atoms with Gasteiger partial charge in [-0.25, -0.2) is 9.97 Å². The largest absolute Gasteiger partial charge is 0.357 e. The average molecular weight is 365 g/mol. The zero-order chi connectivity index (χ0) is 18.5. The fraction of sp³-hybridized carbons (Fsp3) is 0.476. The molecule has 4 heterocycles. The molecule has 2 aliphatic rings. The van der Waals surface area contributed by atoms with Gasteiger partial charge in [0.25, 0.3) is 5.91 Å². The second-order valence-electron chi connectivity index (χ2n) is 7.27. The number of aromatic nitrogens is 2. The van der Waals surface area contributed by atoms with Gasteiger partial charge in [0.05, 0.1) is 5.56 Å². The zero-order valence-corrected chi connectivity index (χ0v) is 15.8. The van der Waals surface area contributed by atoms with Gasteiger partial charge in [-0.2, -0.15) is 0 Å². The summed E-state index contributed by atoms with van der Waals surface area (Å²) >= 11 is 0. The Morgan fingerprint density at radius 3 is 2.07 bits per heavy atom. The van der Waals surface area contributed by atoms with E-state index in [2.05, 4.69) is 19.8 Å². The highest BCUT2D eigenvalue weighted by Gasteiger charge is 2.23. The van der Waals surface area contributed by atoms with Crippen molar-refractivity contribution in [2.75, 3.05) is 49.1 Å². The Morgan fingerprint density at radius 2 is 1.44 bits per heavy atom. The summed E-state index contributed by atoms with van der Waals surface area (Å²) < 4.78 is 0. The molecule has 1 amide bonds. The highest BCUT2D eigenvalue weighted by Crippen LogP contribution is 2.19. The van der Waals surface area contributed by atoms with Gasteiger partial charge in [-0.3, -0.25) is 4.79 Å². The average Bonchev–Trinajstić information content (AvgIpc) is 3.04. The molecule has 0 aromatic carbocycles. The normalized spacial score (nSPS) is 18.3. The summed E-state index contributed by atoms with van der Waals surface area (Å²) in [5.74, 6) is 2.05. The van der Waals surface area contributed by atoms with Crippen molar-refractivity contribution in [3.63, 3.8) is 0 Å². The van der Waals surface area contributed by atoms with Crippen LogP contribution in [0.25, 0.3) is 0 Å². The maximum atomic E-state index is 12.8. The lowest BCUT2D eigenvalue weighted by molar-refractivity contribution is 0.0746.